The first-order chi connectivity index (χ1) is 18.3. The van der Waals surface area contributed by atoms with Gasteiger partial charge in [-0.2, -0.15) is 8.42 Å². The van der Waals surface area contributed by atoms with Gasteiger partial charge < -0.3 is 13.8 Å². The summed E-state index contributed by atoms with van der Waals surface area (Å²) in [5, 5.41) is 0. The van der Waals surface area contributed by atoms with Gasteiger partial charge in [0.1, 0.15) is 23.9 Å². The van der Waals surface area contributed by atoms with Crippen molar-refractivity contribution < 1.29 is 21.7 Å². The largest absolute Gasteiger partial charge is 0.492 e. The topological polar surface area (TPSA) is 59.1 Å². The van der Waals surface area contributed by atoms with Crippen LogP contribution in [-0.2, 0) is 23.0 Å². The number of piperidine rings is 1. The van der Waals surface area contributed by atoms with Gasteiger partial charge in [-0.15, -0.1) is 0 Å². The lowest BCUT2D eigenvalue weighted by Crippen LogP contribution is -2.36. The fourth-order valence-electron chi connectivity index (χ4n) is 5.50. The standard InChI is InChI=1S/C30H35FN2O4S/c1-38(34,35)37-28-13-14-29-24(22-28)15-18-33(26-9-7-25(31)8-10-26)30(29)21-23-5-11-27(12-6-23)36-20-19-32-16-3-2-4-17-32/h5-14,22,30H,2-4,15-21H2,1H3. The van der Waals surface area contributed by atoms with Crippen LogP contribution in [0.3, 0.4) is 0 Å². The minimum atomic E-state index is -3.60. The molecule has 38 heavy (non-hydrogen) atoms. The van der Waals surface area contributed by atoms with Gasteiger partial charge in [-0.25, -0.2) is 4.39 Å². The van der Waals surface area contributed by atoms with Crippen LogP contribution in [0.2, 0.25) is 0 Å². The zero-order valence-electron chi connectivity index (χ0n) is 21.8. The van der Waals surface area contributed by atoms with Crippen molar-refractivity contribution in [3.05, 3.63) is 89.2 Å². The SMILES string of the molecule is CS(=O)(=O)Oc1ccc2c(c1)CCN(c1ccc(F)cc1)C2Cc1ccc(OCCN2CCCCC2)cc1. The Bertz CT molecular complexity index is 1320. The van der Waals surface area contributed by atoms with Gasteiger partial charge >= 0.3 is 10.1 Å². The molecule has 1 saturated heterocycles. The van der Waals surface area contributed by atoms with Crippen molar-refractivity contribution in [2.75, 3.05) is 43.9 Å². The van der Waals surface area contributed by atoms with Crippen LogP contribution in [0.1, 0.15) is 42.0 Å². The Morgan fingerprint density at radius 2 is 1.61 bits per heavy atom. The number of likely N-dealkylation sites (tertiary alicyclic amines) is 1. The number of halogens is 1. The van der Waals surface area contributed by atoms with E-state index in [2.05, 4.69) is 21.9 Å². The van der Waals surface area contributed by atoms with E-state index in [4.69, 9.17) is 8.92 Å². The van der Waals surface area contributed by atoms with Gasteiger partial charge in [-0.05, 0) is 104 Å². The maximum Gasteiger partial charge on any atom is 0.306 e. The second-order valence-corrected chi connectivity index (χ2v) is 11.8. The van der Waals surface area contributed by atoms with Gasteiger partial charge in [0.2, 0.25) is 0 Å². The molecule has 8 heteroatoms. The van der Waals surface area contributed by atoms with Crippen LogP contribution in [0.4, 0.5) is 10.1 Å². The van der Waals surface area contributed by atoms with Gasteiger partial charge in [-0.3, -0.25) is 4.90 Å². The Balaban J connectivity index is 1.33. The van der Waals surface area contributed by atoms with E-state index in [1.54, 1.807) is 6.07 Å². The Kier molecular flexibility index (Phi) is 8.19. The summed E-state index contributed by atoms with van der Waals surface area (Å²) in [7, 11) is -3.60. The van der Waals surface area contributed by atoms with Gasteiger partial charge in [0.05, 0.1) is 12.3 Å². The number of benzene rings is 3. The van der Waals surface area contributed by atoms with Crippen LogP contribution < -0.4 is 13.8 Å². The number of hydrogen-bond acceptors (Lipinski definition) is 6. The molecular formula is C30H35FN2O4S. The molecule has 0 amide bonds. The van der Waals surface area contributed by atoms with Gasteiger partial charge in [-0.1, -0.05) is 24.6 Å². The number of ether oxygens (including phenoxy) is 1. The maximum absolute atomic E-state index is 13.7. The van der Waals surface area contributed by atoms with Crippen LogP contribution in [0, 0.1) is 5.82 Å². The number of nitrogens with zero attached hydrogens (tertiary/aromatic N) is 2. The predicted octanol–water partition coefficient (Wildman–Crippen LogP) is 5.38. The molecule has 0 spiro atoms. The Morgan fingerprint density at radius 1 is 0.895 bits per heavy atom. The maximum atomic E-state index is 13.7. The number of fused-ring (bicyclic) bond motifs is 1. The average Bonchev–Trinajstić information content (AvgIpc) is 2.90. The van der Waals surface area contributed by atoms with Crippen molar-refractivity contribution in [2.45, 2.75) is 38.1 Å². The van der Waals surface area contributed by atoms with E-state index < -0.39 is 10.1 Å². The molecule has 0 saturated carbocycles. The highest BCUT2D eigenvalue weighted by molar-refractivity contribution is 7.86. The minimum Gasteiger partial charge on any atom is -0.492 e. The lowest BCUT2D eigenvalue weighted by atomic mass is 9.88. The quantitative estimate of drug-likeness (QED) is 0.341. The van der Waals surface area contributed by atoms with E-state index in [0.29, 0.717) is 12.4 Å². The fraction of sp³-hybridized carbons (Fsp3) is 0.400. The minimum absolute atomic E-state index is 0.00219. The molecule has 3 aromatic carbocycles. The summed E-state index contributed by atoms with van der Waals surface area (Å²) in [6.45, 7) is 4.70. The Hall–Kier alpha value is -3.10. The highest BCUT2D eigenvalue weighted by atomic mass is 32.2. The van der Waals surface area contributed by atoms with Crippen molar-refractivity contribution in [3.63, 3.8) is 0 Å². The van der Waals surface area contributed by atoms with Crippen LogP contribution in [0.5, 0.6) is 11.5 Å². The van der Waals surface area contributed by atoms with E-state index in [0.717, 1.165) is 73.4 Å². The molecule has 1 unspecified atom stereocenters. The zero-order chi connectivity index (χ0) is 26.5. The second-order valence-electron chi connectivity index (χ2n) is 10.2. The van der Waals surface area contributed by atoms with Gasteiger partial charge in [0.15, 0.2) is 0 Å². The van der Waals surface area contributed by atoms with Crippen molar-refractivity contribution in [1.29, 1.82) is 0 Å². The first-order valence-electron chi connectivity index (χ1n) is 13.3. The molecule has 0 radical (unpaired) electrons. The normalized spacial score (nSPS) is 18.2. The van der Waals surface area contributed by atoms with E-state index >= 15 is 0 Å². The monoisotopic (exact) mass is 538 g/mol. The summed E-state index contributed by atoms with van der Waals surface area (Å²) in [5.74, 6) is 0.931. The van der Waals surface area contributed by atoms with Crippen molar-refractivity contribution in [1.82, 2.24) is 4.90 Å². The first-order valence-corrected chi connectivity index (χ1v) is 15.1. The van der Waals surface area contributed by atoms with E-state index in [1.165, 1.54) is 31.4 Å². The molecule has 3 aromatic rings. The molecular weight excluding hydrogens is 503 g/mol. The molecule has 0 N–H and O–H groups in total. The lowest BCUT2D eigenvalue weighted by Gasteiger charge is -2.39. The third kappa shape index (κ3) is 6.85. The smallest absolute Gasteiger partial charge is 0.306 e. The van der Waals surface area contributed by atoms with Crippen molar-refractivity contribution in [3.8, 4) is 11.5 Å². The van der Waals surface area contributed by atoms with Crippen LogP contribution in [0.15, 0.2) is 66.7 Å². The van der Waals surface area contributed by atoms with E-state index in [9.17, 15) is 12.8 Å². The molecule has 5 rings (SSSR count). The summed E-state index contributed by atoms with van der Waals surface area (Å²) in [6.07, 6.45) is 6.41. The van der Waals surface area contributed by atoms with Crippen LogP contribution in [0.25, 0.3) is 0 Å². The molecule has 0 aromatic heterocycles. The molecule has 6 nitrogen and oxygen atoms in total. The predicted molar refractivity (Wildman–Crippen MR) is 148 cm³/mol. The number of anilines is 1. The van der Waals surface area contributed by atoms with E-state index in [1.807, 2.05) is 36.4 Å². The highest BCUT2D eigenvalue weighted by Crippen LogP contribution is 2.38. The molecule has 2 heterocycles. The van der Waals surface area contributed by atoms with Crippen LogP contribution in [-0.4, -0.2) is 52.4 Å². The molecule has 2 aliphatic rings. The third-order valence-electron chi connectivity index (χ3n) is 7.35. The summed E-state index contributed by atoms with van der Waals surface area (Å²) in [4.78, 5) is 4.76. The molecule has 1 atom stereocenters. The van der Waals surface area contributed by atoms with Crippen LogP contribution >= 0.6 is 0 Å². The average molecular weight is 539 g/mol. The second kappa shape index (κ2) is 11.7. The lowest BCUT2D eigenvalue weighted by molar-refractivity contribution is 0.183. The first kappa shape index (κ1) is 26.5. The van der Waals surface area contributed by atoms with Crippen molar-refractivity contribution >= 4 is 15.8 Å². The summed E-state index contributed by atoms with van der Waals surface area (Å²) >= 11 is 0. The Morgan fingerprint density at radius 3 is 2.32 bits per heavy atom. The summed E-state index contributed by atoms with van der Waals surface area (Å²) in [6, 6.07) is 20.4. The van der Waals surface area contributed by atoms with Crippen molar-refractivity contribution in [2.24, 2.45) is 0 Å². The summed E-state index contributed by atoms with van der Waals surface area (Å²) < 4.78 is 48.1. The third-order valence-corrected chi connectivity index (χ3v) is 7.85. The number of rotatable bonds is 9. The zero-order valence-corrected chi connectivity index (χ0v) is 22.6. The fourth-order valence-corrected chi connectivity index (χ4v) is 5.95. The number of hydrogen-bond donors (Lipinski definition) is 0. The summed E-state index contributed by atoms with van der Waals surface area (Å²) in [5.41, 5.74) is 4.29. The molecule has 1 fully saturated rings. The Labute approximate surface area is 225 Å². The molecule has 2 aliphatic heterocycles. The molecule has 0 aliphatic carbocycles. The van der Waals surface area contributed by atoms with Gasteiger partial charge in [0.25, 0.3) is 0 Å². The molecule has 202 valence electrons. The highest BCUT2D eigenvalue weighted by Gasteiger charge is 2.28. The molecule has 0 bridgehead atoms. The van der Waals surface area contributed by atoms with Gasteiger partial charge in [0, 0.05) is 18.8 Å². The van der Waals surface area contributed by atoms with E-state index in [-0.39, 0.29) is 11.9 Å².